The molecular weight excluding hydrogens is 272 g/mol. The number of carbonyl (C=O) groups excluding carboxylic acids is 1. The van der Waals surface area contributed by atoms with E-state index in [1.54, 1.807) is 6.92 Å². The Morgan fingerprint density at radius 1 is 1.60 bits per heavy atom. The first-order valence-corrected chi connectivity index (χ1v) is 7.73. The quantitative estimate of drug-likeness (QED) is 0.879. The molecule has 6 heteroatoms. The van der Waals surface area contributed by atoms with Gasteiger partial charge in [-0.05, 0) is 50.2 Å². The molecule has 20 heavy (non-hydrogen) atoms. The van der Waals surface area contributed by atoms with E-state index in [0.717, 1.165) is 36.0 Å². The highest BCUT2D eigenvalue weighted by Gasteiger charge is 2.29. The molecule has 2 aromatic rings. The number of aromatic nitrogens is 3. The Kier molecular flexibility index (Phi) is 3.67. The number of aryl methyl sites for hydroxylation is 1. The number of nitrogens with one attached hydrogen (secondary N) is 1. The third kappa shape index (κ3) is 2.66. The Bertz CT molecular complexity index is 618. The first-order valence-electron chi connectivity index (χ1n) is 6.85. The number of ketones is 1. The summed E-state index contributed by atoms with van der Waals surface area (Å²) < 4.78 is 0. The largest absolute Gasteiger partial charge is 0.294 e. The molecule has 5 nitrogen and oxygen atoms in total. The topological polar surface area (TPSA) is 61.9 Å². The van der Waals surface area contributed by atoms with E-state index >= 15 is 0 Å². The normalized spacial score (nSPS) is 19.6. The fraction of sp³-hybridized carbons (Fsp3) is 0.500. The number of carbonyl (C=O) groups is 1. The van der Waals surface area contributed by atoms with E-state index in [1.165, 1.54) is 23.3 Å². The molecule has 1 fully saturated rings. The van der Waals surface area contributed by atoms with Crippen molar-refractivity contribution in [3.8, 4) is 0 Å². The van der Waals surface area contributed by atoms with E-state index in [1.807, 2.05) is 13.0 Å². The summed E-state index contributed by atoms with van der Waals surface area (Å²) in [6, 6.07) is 2.30. The average Bonchev–Trinajstić information content (AvgIpc) is 3.09. The average molecular weight is 290 g/mol. The van der Waals surface area contributed by atoms with Crippen LogP contribution in [0.4, 0.5) is 0 Å². The molecule has 3 rings (SSSR count). The zero-order valence-corrected chi connectivity index (χ0v) is 12.5. The van der Waals surface area contributed by atoms with Crippen molar-refractivity contribution >= 4 is 17.1 Å². The maximum absolute atomic E-state index is 11.4. The number of likely N-dealkylation sites (tertiary alicyclic amines) is 1. The van der Waals surface area contributed by atoms with Gasteiger partial charge in [0.2, 0.25) is 0 Å². The second-order valence-corrected chi connectivity index (χ2v) is 6.19. The third-order valence-electron chi connectivity index (χ3n) is 3.66. The van der Waals surface area contributed by atoms with Gasteiger partial charge in [-0.3, -0.25) is 14.8 Å². The second-order valence-electron chi connectivity index (χ2n) is 5.28. The molecule has 2 aromatic heterocycles. The lowest BCUT2D eigenvalue weighted by Gasteiger charge is -2.21. The van der Waals surface area contributed by atoms with Crippen LogP contribution in [0.25, 0.3) is 0 Å². The Morgan fingerprint density at radius 3 is 3.10 bits per heavy atom. The minimum absolute atomic E-state index is 0.142. The number of nitrogens with zero attached hydrogens (tertiary/aromatic N) is 3. The summed E-state index contributed by atoms with van der Waals surface area (Å²) in [5, 5.41) is 9.29. The van der Waals surface area contributed by atoms with Gasteiger partial charge in [0, 0.05) is 6.54 Å². The molecule has 1 atom stereocenters. The molecule has 0 spiro atoms. The number of H-pyrrole nitrogens is 1. The molecule has 0 radical (unpaired) electrons. The van der Waals surface area contributed by atoms with E-state index in [9.17, 15) is 4.79 Å². The van der Waals surface area contributed by atoms with Crippen LogP contribution in [0.15, 0.2) is 11.4 Å². The minimum atomic E-state index is 0.142. The molecule has 0 aliphatic carbocycles. The van der Waals surface area contributed by atoms with E-state index in [-0.39, 0.29) is 5.78 Å². The van der Waals surface area contributed by atoms with Crippen LogP contribution in [0.5, 0.6) is 0 Å². The molecule has 0 bridgehead atoms. The van der Waals surface area contributed by atoms with E-state index in [2.05, 4.69) is 25.5 Å². The fourth-order valence-corrected chi connectivity index (χ4v) is 3.50. The number of rotatable bonds is 4. The van der Waals surface area contributed by atoms with E-state index in [0.29, 0.717) is 6.04 Å². The Balaban J connectivity index is 1.73. The van der Waals surface area contributed by atoms with Gasteiger partial charge in [-0.25, -0.2) is 4.98 Å². The molecular formula is C14H18N4OS. The Morgan fingerprint density at radius 2 is 2.45 bits per heavy atom. The zero-order chi connectivity index (χ0) is 14.1. The second kappa shape index (κ2) is 5.46. The smallest absolute Gasteiger partial charge is 0.169 e. The maximum atomic E-state index is 11.4. The first kappa shape index (κ1) is 13.5. The van der Waals surface area contributed by atoms with Gasteiger partial charge in [-0.15, -0.1) is 11.3 Å². The molecule has 0 aromatic carbocycles. The van der Waals surface area contributed by atoms with Gasteiger partial charge in [-0.1, -0.05) is 0 Å². The molecule has 106 valence electrons. The van der Waals surface area contributed by atoms with Crippen molar-refractivity contribution in [3.63, 3.8) is 0 Å². The van der Waals surface area contributed by atoms with Gasteiger partial charge in [0.25, 0.3) is 0 Å². The lowest BCUT2D eigenvalue weighted by Crippen LogP contribution is -2.23. The summed E-state index contributed by atoms with van der Waals surface area (Å²) in [5.41, 5.74) is 1.21. The van der Waals surface area contributed by atoms with Crippen LogP contribution in [-0.4, -0.2) is 32.4 Å². The number of hydrogen-bond donors (Lipinski definition) is 1. The SMILES string of the molecule is CC(=O)c1cc(CN2CCC[C@@H]2c2n[nH]c(C)n2)cs1. The summed E-state index contributed by atoms with van der Waals surface area (Å²) in [7, 11) is 0. The van der Waals surface area contributed by atoms with Gasteiger partial charge < -0.3 is 0 Å². The fourth-order valence-electron chi connectivity index (χ4n) is 2.69. The standard InChI is InChI=1S/C14H18N4OS/c1-9(19)13-6-11(8-20-13)7-18-5-3-4-12(18)14-15-10(2)16-17-14/h6,8,12H,3-5,7H2,1-2H3,(H,15,16,17)/t12-/m1/s1. The van der Waals surface area contributed by atoms with Crippen LogP contribution in [0.3, 0.4) is 0 Å². The lowest BCUT2D eigenvalue weighted by molar-refractivity contribution is 0.102. The van der Waals surface area contributed by atoms with Crippen LogP contribution in [0.1, 0.15) is 52.7 Å². The van der Waals surface area contributed by atoms with E-state index in [4.69, 9.17) is 0 Å². The number of aromatic amines is 1. The van der Waals surface area contributed by atoms with Gasteiger partial charge >= 0.3 is 0 Å². The molecule has 0 unspecified atom stereocenters. The highest BCUT2D eigenvalue weighted by atomic mass is 32.1. The van der Waals surface area contributed by atoms with Crippen molar-refractivity contribution < 1.29 is 4.79 Å². The summed E-state index contributed by atoms with van der Waals surface area (Å²) in [5.74, 6) is 1.90. The van der Waals surface area contributed by atoms with Gasteiger partial charge in [0.05, 0.1) is 10.9 Å². The Hall–Kier alpha value is -1.53. The highest BCUT2D eigenvalue weighted by Crippen LogP contribution is 2.31. The van der Waals surface area contributed by atoms with Gasteiger partial charge in [0.15, 0.2) is 11.6 Å². The molecule has 1 aliphatic rings. The summed E-state index contributed by atoms with van der Waals surface area (Å²) in [6.45, 7) is 5.46. The summed E-state index contributed by atoms with van der Waals surface area (Å²) in [4.78, 5) is 19.1. The predicted octanol–water partition coefficient (Wildman–Crippen LogP) is 2.71. The maximum Gasteiger partial charge on any atom is 0.169 e. The molecule has 3 heterocycles. The molecule has 1 saturated heterocycles. The highest BCUT2D eigenvalue weighted by molar-refractivity contribution is 7.12. The summed E-state index contributed by atoms with van der Waals surface area (Å²) >= 11 is 1.53. The van der Waals surface area contributed by atoms with Crippen molar-refractivity contribution in [2.75, 3.05) is 6.54 Å². The summed E-state index contributed by atoms with van der Waals surface area (Å²) in [6.07, 6.45) is 2.27. The zero-order valence-electron chi connectivity index (χ0n) is 11.7. The number of thiophene rings is 1. The van der Waals surface area contributed by atoms with Crippen LogP contribution >= 0.6 is 11.3 Å². The molecule has 0 amide bonds. The molecule has 1 N–H and O–H groups in total. The first-order chi connectivity index (χ1) is 9.63. The van der Waals surface area contributed by atoms with Crippen molar-refractivity contribution in [3.05, 3.63) is 33.5 Å². The minimum Gasteiger partial charge on any atom is -0.294 e. The van der Waals surface area contributed by atoms with Gasteiger partial charge in [-0.2, -0.15) is 5.10 Å². The monoisotopic (exact) mass is 290 g/mol. The number of Topliss-reactive ketones (excluding diaryl/α,β-unsaturated/α-hetero) is 1. The third-order valence-corrected chi connectivity index (χ3v) is 4.74. The van der Waals surface area contributed by atoms with Crippen LogP contribution in [-0.2, 0) is 6.54 Å². The van der Waals surface area contributed by atoms with Crippen LogP contribution in [0.2, 0.25) is 0 Å². The van der Waals surface area contributed by atoms with Crippen molar-refractivity contribution in [1.29, 1.82) is 0 Å². The van der Waals surface area contributed by atoms with Gasteiger partial charge in [0.1, 0.15) is 5.82 Å². The number of hydrogen-bond acceptors (Lipinski definition) is 5. The van der Waals surface area contributed by atoms with E-state index < -0.39 is 0 Å². The predicted molar refractivity (Wildman–Crippen MR) is 77.8 cm³/mol. The Labute approximate surface area is 122 Å². The van der Waals surface area contributed by atoms with Crippen molar-refractivity contribution in [2.45, 2.75) is 39.3 Å². The lowest BCUT2D eigenvalue weighted by atomic mass is 10.2. The van der Waals surface area contributed by atoms with Crippen LogP contribution < -0.4 is 0 Å². The van der Waals surface area contributed by atoms with Crippen molar-refractivity contribution in [1.82, 2.24) is 20.1 Å². The van der Waals surface area contributed by atoms with Crippen molar-refractivity contribution in [2.24, 2.45) is 0 Å². The molecule has 1 aliphatic heterocycles. The molecule has 0 saturated carbocycles. The van der Waals surface area contributed by atoms with Crippen LogP contribution in [0, 0.1) is 6.92 Å².